The van der Waals surface area contributed by atoms with Crippen molar-refractivity contribution in [3.05, 3.63) is 29.8 Å². The third-order valence-corrected chi connectivity index (χ3v) is 2.22. The van der Waals surface area contributed by atoms with Gasteiger partial charge in [0.15, 0.2) is 0 Å². The first kappa shape index (κ1) is 9.78. The van der Waals surface area contributed by atoms with Crippen LogP contribution in [0.25, 0.3) is 0 Å². The summed E-state index contributed by atoms with van der Waals surface area (Å²) in [5.41, 5.74) is 7.60. The molecule has 1 rings (SSSR count). The molecule has 1 unspecified atom stereocenters. The molecule has 1 atom stereocenters. The molecule has 13 heavy (non-hydrogen) atoms. The Morgan fingerprint density at radius 1 is 1.38 bits per heavy atom. The Bertz CT molecular complexity index is 266. The van der Waals surface area contributed by atoms with Gasteiger partial charge in [-0.2, -0.15) is 0 Å². The molecule has 2 heteroatoms. The molecule has 0 aliphatic heterocycles. The van der Waals surface area contributed by atoms with E-state index in [2.05, 4.69) is 6.92 Å². The van der Waals surface area contributed by atoms with Gasteiger partial charge in [-0.1, -0.05) is 19.1 Å². The number of hydrogen-bond donors (Lipinski definition) is 1. The van der Waals surface area contributed by atoms with Crippen molar-refractivity contribution in [2.45, 2.75) is 25.7 Å². The molecule has 1 aromatic carbocycles. The summed E-state index contributed by atoms with van der Waals surface area (Å²) in [5, 5.41) is 0. The largest absolute Gasteiger partial charge is 0.399 e. The Labute approximate surface area is 78.8 Å². The average Bonchev–Trinajstić information content (AvgIpc) is 2.15. The molecule has 0 saturated carbocycles. The van der Waals surface area contributed by atoms with Crippen molar-refractivity contribution >= 4 is 12.0 Å². The second-order valence-corrected chi connectivity index (χ2v) is 3.31. The van der Waals surface area contributed by atoms with Crippen LogP contribution in [-0.2, 0) is 4.79 Å². The van der Waals surface area contributed by atoms with Gasteiger partial charge in [0.2, 0.25) is 0 Å². The monoisotopic (exact) mass is 177 g/mol. The number of carbonyl (C=O) groups excluding carboxylic acids is 1. The number of aldehydes is 1. The fourth-order valence-electron chi connectivity index (χ4n) is 1.31. The summed E-state index contributed by atoms with van der Waals surface area (Å²) in [6, 6.07) is 7.83. The zero-order chi connectivity index (χ0) is 9.68. The number of benzene rings is 1. The summed E-state index contributed by atoms with van der Waals surface area (Å²) in [5.74, 6) is 0.436. The van der Waals surface area contributed by atoms with Crippen LogP contribution in [0.2, 0.25) is 0 Å². The van der Waals surface area contributed by atoms with Crippen molar-refractivity contribution in [1.29, 1.82) is 0 Å². The quantitative estimate of drug-likeness (QED) is 0.566. The lowest BCUT2D eigenvalue weighted by Crippen LogP contribution is -1.94. The highest BCUT2D eigenvalue weighted by atomic mass is 16.1. The summed E-state index contributed by atoms with van der Waals surface area (Å²) in [4.78, 5) is 10.2. The smallest absolute Gasteiger partial charge is 0.120 e. The summed E-state index contributed by atoms with van der Waals surface area (Å²) in [6.45, 7) is 2.12. The predicted octanol–water partition coefficient (Wildman–Crippen LogP) is 2.35. The van der Waals surface area contributed by atoms with Crippen molar-refractivity contribution in [3.63, 3.8) is 0 Å². The third-order valence-electron chi connectivity index (χ3n) is 2.22. The lowest BCUT2D eigenvalue weighted by Gasteiger charge is -2.09. The Balaban J connectivity index is 2.60. The molecule has 0 heterocycles. The molecule has 70 valence electrons. The normalized spacial score (nSPS) is 12.4. The number of rotatable bonds is 4. The van der Waals surface area contributed by atoms with E-state index in [0.29, 0.717) is 12.3 Å². The maximum absolute atomic E-state index is 10.2. The first-order valence-electron chi connectivity index (χ1n) is 4.53. The minimum absolute atomic E-state index is 0.436. The van der Waals surface area contributed by atoms with Crippen LogP contribution in [0.4, 0.5) is 5.69 Å². The SMILES string of the molecule is CC(CCC=O)c1ccc(N)cc1. The van der Waals surface area contributed by atoms with Gasteiger partial charge in [0.25, 0.3) is 0 Å². The van der Waals surface area contributed by atoms with E-state index in [9.17, 15) is 4.79 Å². The van der Waals surface area contributed by atoms with Crippen LogP contribution in [0.3, 0.4) is 0 Å². The summed E-state index contributed by atoms with van der Waals surface area (Å²) >= 11 is 0. The Morgan fingerprint density at radius 3 is 2.54 bits per heavy atom. The molecule has 0 radical (unpaired) electrons. The minimum atomic E-state index is 0.436. The fraction of sp³-hybridized carbons (Fsp3) is 0.364. The first-order valence-corrected chi connectivity index (χ1v) is 4.53. The standard InChI is InChI=1S/C11H15NO/c1-9(3-2-8-13)10-4-6-11(12)7-5-10/h4-9H,2-3,12H2,1H3. The summed E-state index contributed by atoms with van der Waals surface area (Å²) in [6.07, 6.45) is 2.51. The van der Waals surface area contributed by atoms with Crippen LogP contribution in [-0.4, -0.2) is 6.29 Å². The molecule has 0 bridgehead atoms. The van der Waals surface area contributed by atoms with Crippen molar-refractivity contribution in [1.82, 2.24) is 0 Å². The minimum Gasteiger partial charge on any atom is -0.399 e. The van der Waals surface area contributed by atoms with E-state index in [1.54, 1.807) is 0 Å². The average molecular weight is 177 g/mol. The maximum Gasteiger partial charge on any atom is 0.120 e. The van der Waals surface area contributed by atoms with Crippen LogP contribution in [0, 0.1) is 0 Å². The van der Waals surface area contributed by atoms with Gasteiger partial charge in [0, 0.05) is 12.1 Å². The van der Waals surface area contributed by atoms with E-state index in [-0.39, 0.29) is 0 Å². The molecule has 0 aromatic heterocycles. The van der Waals surface area contributed by atoms with Gasteiger partial charge in [0.1, 0.15) is 6.29 Å². The third kappa shape index (κ3) is 2.90. The van der Waals surface area contributed by atoms with Crippen molar-refractivity contribution < 1.29 is 4.79 Å². The number of carbonyl (C=O) groups is 1. The van der Waals surface area contributed by atoms with Gasteiger partial charge in [-0.25, -0.2) is 0 Å². The maximum atomic E-state index is 10.2. The molecule has 0 amide bonds. The predicted molar refractivity (Wildman–Crippen MR) is 54.6 cm³/mol. The fourth-order valence-corrected chi connectivity index (χ4v) is 1.31. The highest BCUT2D eigenvalue weighted by Gasteiger charge is 2.03. The van der Waals surface area contributed by atoms with E-state index in [0.717, 1.165) is 18.4 Å². The van der Waals surface area contributed by atoms with Gasteiger partial charge in [-0.05, 0) is 30.0 Å². The molecular formula is C11H15NO. The molecule has 0 saturated heterocycles. The summed E-state index contributed by atoms with van der Waals surface area (Å²) in [7, 11) is 0. The second-order valence-electron chi connectivity index (χ2n) is 3.31. The lowest BCUT2D eigenvalue weighted by molar-refractivity contribution is -0.108. The molecule has 0 spiro atoms. The van der Waals surface area contributed by atoms with E-state index >= 15 is 0 Å². The number of hydrogen-bond acceptors (Lipinski definition) is 2. The molecule has 2 nitrogen and oxygen atoms in total. The van der Waals surface area contributed by atoms with Gasteiger partial charge in [-0.15, -0.1) is 0 Å². The Hall–Kier alpha value is -1.31. The molecule has 0 aliphatic carbocycles. The molecule has 0 aliphatic rings. The van der Waals surface area contributed by atoms with E-state index in [1.807, 2.05) is 24.3 Å². The molecule has 1 aromatic rings. The Kier molecular flexibility index (Phi) is 3.50. The van der Waals surface area contributed by atoms with Crippen molar-refractivity contribution in [3.8, 4) is 0 Å². The topological polar surface area (TPSA) is 43.1 Å². The van der Waals surface area contributed by atoms with Crippen molar-refractivity contribution in [2.24, 2.45) is 0 Å². The van der Waals surface area contributed by atoms with Gasteiger partial charge < -0.3 is 10.5 Å². The van der Waals surface area contributed by atoms with Crippen LogP contribution < -0.4 is 5.73 Å². The van der Waals surface area contributed by atoms with E-state index < -0.39 is 0 Å². The van der Waals surface area contributed by atoms with Crippen LogP contribution >= 0.6 is 0 Å². The second kappa shape index (κ2) is 4.65. The van der Waals surface area contributed by atoms with Crippen LogP contribution in [0.5, 0.6) is 0 Å². The van der Waals surface area contributed by atoms with E-state index in [1.165, 1.54) is 5.56 Å². The van der Waals surface area contributed by atoms with Gasteiger partial charge in [0.05, 0.1) is 0 Å². The van der Waals surface area contributed by atoms with Crippen LogP contribution in [0.1, 0.15) is 31.2 Å². The molecule has 0 fully saturated rings. The zero-order valence-corrected chi connectivity index (χ0v) is 7.86. The number of nitrogens with two attached hydrogens (primary N) is 1. The number of anilines is 1. The lowest BCUT2D eigenvalue weighted by atomic mass is 9.96. The van der Waals surface area contributed by atoms with E-state index in [4.69, 9.17) is 5.73 Å². The molecule has 2 N–H and O–H groups in total. The van der Waals surface area contributed by atoms with Crippen LogP contribution in [0.15, 0.2) is 24.3 Å². The first-order chi connectivity index (χ1) is 6.24. The molecular weight excluding hydrogens is 162 g/mol. The Morgan fingerprint density at radius 2 is 2.00 bits per heavy atom. The van der Waals surface area contributed by atoms with Gasteiger partial charge in [-0.3, -0.25) is 0 Å². The zero-order valence-electron chi connectivity index (χ0n) is 7.86. The summed E-state index contributed by atoms with van der Waals surface area (Å²) < 4.78 is 0. The number of nitrogen functional groups attached to an aromatic ring is 1. The highest BCUT2D eigenvalue weighted by Crippen LogP contribution is 2.20. The van der Waals surface area contributed by atoms with Gasteiger partial charge >= 0.3 is 0 Å². The highest BCUT2D eigenvalue weighted by molar-refractivity contribution is 5.49. The van der Waals surface area contributed by atoms with Crippen molar-refractivity contribution in [2.75, 3.05) is 5.73 Å².